The molecule has 0 aliphatic heterocycles. The molecule has 0 bridgehead atoms. The number of halogens is 3. The van der Waals surface area contributed by atoms with Crippen molar-refractivity contribution in [2.24, 2.45) is 0 Å². The highest BCUT2D eigenvalue weighted by molar-refractivity contribution is 6.09. The molecular weight excluding hydrogens is 293 g/mol. The molecule has 3 rings (SSSR count). The van der Waals surface area contributed by atoms with Gasteiger partial charge in [-0.25, -0.2) is 0 Å². The van der Waals surface area contributed by atoms with Crippen LogP contribution in [0.5, 0.6) is 0 Å². The summed E-state index contributed by atoms with van der Waals surface area (Å²) in [6.45, 7) is 5.72. The minimum Gasteiger partial charge on any atom is -0.358 e. The third-order valence-corrected chi connectivity index (χ3v) is 3.89. The summed E-state index contributed by atoms with van der Waals surface area (Å²) in [6, 6.07) is 3.84. The lowest BCUT2D eigenvalue weighted by molar-refractivity contribution is -0.136. The monoisotopic (exact) mass is 308 g/mol. The lowest BCUT2D eigenvalue weighted by Gasteiger charge is -2.13. The third kappa shape index (κ3) is 2.10. The van der Waals surface area contributed by atoms with Gasteiger partial charge in [0.2, 0.25) is 5.56 Å². The number of pyridine rings is 1. The molecule has 22 heavy (non-hydrogen) atoms. The lowest BCUT2D eigenvalue weighted by Crippen LogP contribution is -2.14. The molecule has 0 atom stereocenters. The van der Waals surface area contributed by atoms with Crippen molar-refractivity contribution in [1.82, 2.24) is 9.97 Å². The fourth-order valence-corrected chi connectivity index (χ4v) is 3.14. The van der Waals surface area contributed by atoms with Gasteiger partial charge >= 0.3 is 6.18 Å². The van der Waals surface area contributed by atoms with Crippen LogP contribution in [-0.2, 0) is 6.18 Å². The number of benzene rings is 1. The molecule has 2 heterocycles. The SMILES string of the molecule is Cc1[nH]c2ccc3[nH]c(=O)cc(C(F)(F)F)c3c2c1C(C)C. The summed E-state index contributed by atoms with van der Waals surface area (Å²) in [5, 5.41) is 0.589. The highest BCUT2D eigenvalue weighted by Crippen LogP contribution is 2.40. The van der Waals surface area contributed by atoms with Crippen LogP contribution in [0.25, 0.3) is 21.8 Å². The molecule has 2 aromatic heterocycles. The predicted octanol–water partition coefficient (Wildman–Crippen LogP) is 4.46. The van der Waals surface area contributed by atoms with E-state index in [9.17, 15) is 18.0 Å². The molecule has 0 amide bonds. The molecule has 0 aliphatic carbocycles. The van der Waals surface area contributed by atoms with Crippen LogP contribution in [0.4, 0.5) is 13.2 Å². The summed E-state index contributed by atoms with van der Waals surface area (Å²) in [6.07, 6.45) is -4.58. The number of aryl methyl sites for hydroxylation is 1. The molecule has 116 valence electrons. The van der Waals surface area contributed by atoms with Gasteiger partial charge in [-0.05, 0) is 30.5 Å². The van der Waals surface area contributed by atoms with Crippen LogP contribution >= 0.6 is 0 Å². The number of hydrogen-bond acceptors (Lipinski definition) is 1. The standard InChI is InChI=1S/C16H15F3N2O/c1-7(2)13-8(3)20-11-5-4-10-14(15(11)13)9(16(17,18)19)6-12(22)21-10/h4-7,20H,1-3H3,(H,21,22). The van der Waals surface area contributed by atoms with Crippen molar-refractivity contribution in [3.63, 3.8) is 0 Å². The molecule has 0 fully saturated rings. The van der Waals surface area contributed by atoms with E-state index in [1.165, 1.54) is 6.07 Å². The molecule has 0 saturated carbocycles. The second-order valence-electron chi connectivity index (χ2n) is 5.77. The van der Waals surface area contributed by atoms with E-state index in [-0.39, 0.29) is 16.8 Å². The van der Waals surface area contributed by atoms with Crippen LogP contribution in [-0.4, -0.2) is 9.97 Å². The molecule has 0 unspecified atom stereocenters. The molecule has 0 spiro atoms. The molecule has 3 aromatic rings. The van der Waals surface area contributed by atoms with Gasteiger partial charge in [0.25, 0.3) is 0 Å². The zero-order valence-electron chi connectivity index (χ0n) is 12.4. The van der Waals surface area contributed by atoms with Crippen molar-refractivity contribution in [3.8, 4) is 0 Å². The number of alkyl halides is 3. The Labute approximate surface area is 124 Å². The first-order valence-corrected chi connectivity index (χ1v) is 6.95. The van der Waals surface area contributed by atoms with Crippen LogP contribution in [0.1, 0.15) is 36.6 Å². The Balaban J connectivity index is 2.63. The Hall–Kier alpha value is -2.24. The molecular formula is C16H15F3N2O. The molecule has 0 saturated heterocycles. The summed E-state index contributed by atoms with van der Waals surface area (Å²) >= 11 is 0. The zero-order chi connectivity index (χ0) is 16.2. The minimum atomic E-state index is -4.58. The van der Waals surface area contributed by atoms with Crippen molar-refractivity contribution < 1.29 is 13.2 Å². The number of aromatic amines is 2. The van der Waals surface area contributed by atoms with E-state index in [1.807, 2.05) is 20.8 Å². The number of H-pyrrole nitrogens is 2. The summed E-state index contributed by atoms with van der Waals surface area (Å²) in [5.41, 5.74) is 0.893. The maximum absolute atomic E-state index is 13.4. The fourth-order valence-electron chi connectivity index (χ4n) is 3.14. The minimum absolute atomic E-state index is 0.0534. The van der Waals surface area contributed by atoms with Gasteiger partial charge in [0.15, 0.2) is 0 Å². The largest absolute Gasteiger partial charge is 0.417 e. The molecule has 3 nitrogen and oxygen atoms in total. The molecule has 0 radical (unpaired) electrons. The Morgan fingerprint density at radius 2 is 1.64 bits per heavy atom. The molecule has 6 heteroatoms. The van der Waals surface area contributed by atoms with E-state index in [1.54, 1.807) is 6.07 Å². The first kappa shape index (κ1) is 14.7. The predicted molar refractivity (Wildman–Crippen MR) is 80.3 cm³/mol. The quantitative estimate of drug-likeness (QED) is 0.685. The topological polar surface area (TPSA) is 48.6 Å². The van der Waals surface area contributed by atoms with E-state index in [4.69, 9.17) is 0 Å². The molecule has 0 aliphatic rings. The van der Waals surface area contributed by atoms with Crippen LogP contribution in [0.15, 0.2) is 23.0 Å². The normalized spacial score (nSPS) is 12.7. The van der Waals surface area contributed by atoms with Crippen LogP contribution in [0.3, 0.4) is 0 Å². The van der Waals surface area contributed by atoms with Crippen molar-refractivity contribution >= 4 is 21.8 Å². The first-order valence-electron chi connectivity index (χ1n) is 6.95. The summed E-state index contributed by atoms with van der Waals surface area (Å²) in [4.78, 5) is 17.2. The lowest BCUT2D eigenvalue weighted by atomic mass is 9.95. The number of rotatable bonds is 1. The number of hydrogen-bond donors (Lipinski definition) is 2. The van der Waals surface area contributed by atoms with Gasteiger partial charge in [0.05, 0.1) is 5.56 Å². The average Bonchev–Trinajstić information content (AvgIpc) is 2.72. The number of fused-ring (bicyclic) bond motifs is 3. The van der Waals surface area contributed by atoms with E-state index in [2.05, 4.69) is 9.97 Å². The number of aromatic nitrogens is 2. The summed E-state index contributed by atoms with van der Waals surface area (Å²) in [7, 11) is 0. The van der Waals surface area contributed by atoms with E-state index < -0.39 is 17.3 Å². The van der Waals surface area contributed by atoms with Gasteiger partial charge in [0.1, 0.15) is 0 Å². The van der Waals surface area contributed by atoms with Gasteiger partial charge in [-0.1, -0.05) is 13.8 Å². The zero-order valence-corrected chi connectivity index (χ0v) is 12.4. The highest BCUT2D eigenvalue weighted by Gasteiger charge is 2.34. The Bertz CT molecular complexity index is 932. The maximum atomic E-state index is 13.4. The summed E-state index contributed by atoms with van der Waals surface area (Å²) in [5.74, 6) is 0.0624. The van der Waals surface area contributed by atoms with Gasteiger partial charge in [-0.2, -0.15) is 13.2 Å². The van der Waals surface area contributed by atoms with Crippen molar-refractivity contribution in [3.05, 3.63) is 45.4 Å². The molecule has 2 N–H and O–H groups in total. The fraction of sp³-hybridized carbons (Fsp3) is 0.312. The first-order chi connectivity index (χ1) is 10.2. The van der Waals surface area contributed by atoms with Crippen molar-refractivity contribution in [1.29, 1.82) is 0 Å². The smallest absolute Gasteiger partial charge is 0.358 e. The van der Waals surface area contributed by atoms with Gasteiger partial charge in [0, 0.05) is 33.6 Å². The van der Waals surface area contributed by atoms with E-state index in [0.29, 0.717) is 17.0 Å². The molecule has 1 aromatic carbocycles. The second kappa shape index (κ2) is 4.63. The number of nitrogens with one attached hydrogen (secondary N) is 2. The second-order valence-corrected chi connectivity index (χ2v) is 5.77. The van der Waals surface area contributed by atoms with Gasteiger partial charge in [-0.3, -0.25) is 4.79 Å². The third-order valence-electron chi connectivity index (χ3n) is 3.89. The average molecular weight is 308 g/mol. The van der Waals surface area contributed by atoms with Crippen molar-refractivity contribution in [2.75, 3.05) is 0 Å². The van der Waals surface area contributed by atoms with Crippen LogP contribution in [0.2, 0.25) is 0 Å². The summed E-state index contributed by atoms with van der Waals surface area (Å²) < 4.78 is 40.2. The van der Waals surface area contributed by atoms with E-state index >= 15 is 0 Å². The van der Waals surface area contributed by atoms with Crippen LogP contribution < -0.4 is 5.56 Å². The Kier molecular flexibility index (Phi) is 3.09. The Morgan fingerprint density at radius 3 is 2.18 bits per heavy atom. The Morgan fingerprint density at radius 1 is 1.05 bits per heavy atom. The van der Waals surface area contributed by atoms with E-state index in [0.717, 1.165) is 11.3 Å². The maximum Gasteiger partial charge on any atom is 0.417 e. The van der Waals surface area contributed by atoms with Crippen molar-refractivity contribution in [2.45, 2.75) is 32.9 Å². The highest BCUT2D eigenvalue weighted by atomic mass is 19.4. The van der Waals surface area contributed by atoms with Crippen LogP contribution in [0, 0.1) is 6.92 Å². The van der Waals surface area contributed by atoms with Gasteiger partial charge < -0.3 is 9.97 Å². The van der Waals surface area contributed by atoms with Gasteiger partial charge in [-0.15, -0.1) is 0 Å².